The van der Waals surface area contributed by atoms with E-state index in [-0.39, 0.29) is 5.91 Å². The molecule has 4 rings (SSSR count). The topological polar surface area (TPSA) is 46.4 Å². The zero-order chi connectivity index (χ0) is 20.2. The maximum atomic E-state index is 12.3. The Bertz CT molecular complexity index is 1180. The molecule has 0 aliphatic carbocycles. The lowest BCUT2D eigenvalue weighted by Crippen LogP contribution is -2.17. The van der Waals surface area contributed by atoms with Crippen molar-refractivity contribution in [2.24, 2.45) is 5.10 Å². The maximum Gasteiger partial charge on any atom is 0.271 e. The van der Waals surface area contributed by atoms with Gasteiger partial charge in [0.25, 0.3) is 5.91 Å². The third-order valence-corrected chi connectivity index (χ3v) is 5.18. The number of nitrogens with zero attached hydrogens (tertiary/aromatic N) is 2. The lowest BCUT2D eigenvalue weighted by molar-refractivity contribution is 0.0955. The zero-order valence-electron chi connectivity index (χ0n) is 16.0. The van der Waals surface area contributed by atoms with Crippen LogP contribution in [0.2, 0.25) is 5.02 Å². The Balaban J connectivity index is 1.62. The molecule has 1 N–H and O–H groups in total. The predicted octanol–water partition coefficient (Wildman–Crippen LogP) is 5.42. The predicted molar refractivity (Wildman–Crippen MR) is 119 cm³/mol. The number of aromatic nitrogens is 1. The normalized spacial score (nSPS) is 11.2. The fourth-order valence-corrected chi connectivity index (χ4v) is 3.54. The van der Waals surface area contributed by atoms with Crippen LogP contribution in [0.15, 0.2) is 84.0 Å². The molecule has 29 heavy (non-hydrogen) atoms. The van der Waals surface area contributed by atoms with Gasteiger partial charge in [-0.15, -0.1) is 0 Å². The highest BCUT2D eigenvalue weighted by Gasteiger charge is 2.13. The van der Waals surface area contributed by atoms with Crippen molar-refractivity contribution in [3.63, 3.8) is 0 Å². The van der Waals surface area contributed by atoms with E-state index < -0.39 is 0 Å². The Morgan fingerprint density at radius 3 is 2.45 bits per heavy atom. The number of halogens is 1. The molecule has 0 spiro atoms. The fraction of sp³-hybridized carbons (Fsp3) is 0.0833. The number of nitrogens with one attached hydrogen (secondary N) is 1. The van der Waals surface area contributed by atoms with Crippen LogP contribution in [0.4, 0.5) is 0 Å². The summed E-state index contributed by atoms with van der Waals surface area (Å²) in [6.07, 6.45) is 1.72. The summed E-state index contributed by atoms with van der Waals surface area (Å²) in [5.74, 6) is -0.274. The summed E-state index contributed by atoms with van der Waals surface area (Å²) < 4.78 is 2.27. The van der Waals surface area contributed by atoms with E-state index in [1.54, 1.807) is 30.5 Å². The molecule has 3 aromatic carbocycles. The number of benzene rings is 3. The van der Waals surface area contributed by atoms with Crippen molar-refractivity contribution >= 4 is 34.6 Å². The van der Waals surface area contributed by atoms with Gasteiger partial charge in [0, 0.05) is 39.3 Å². The summed E-state index contributed by atoms with van der Waals surface area (Å²) >= 11 is 5.87. The van der Waals surface area contributed by atoms with E-state index in [9.17, 15) is 4.79 Å². The number of hydrazone groups is 1. The molecule has 0 atom stereocenters. The summed E-state index contributed by atoms with van der Waals surface area (Å²) in [5.41, 5.74) is 7.57. The maximum absolute atomic E-state index is 12.3. The van der Waals surface area contributed by atoms with E-state index in [0.717, 1.165) is 28.7 Å². The molecule has 0 bridgehead atoms. The molecular weight excluding hydrogens is 382 g/mol. The van der Waals surface area contributed by atoms with Crippen LogP contribution in [0, 0.1) is 6.92 Å². The average Bonchev–Trinajstić information content (AvgIpc) is 3.01. The molecular formula is C24H20ClN3O. The number of carbonyl (C=O) groups is 1. The molecule has 0 fully saturated rings. The first-order valence-electron chi connectivity index (χ1n) is 9.34. The van der Waals surface area contributed by atoms with Gasteiger partial charge in [-0.2, -0.15) is 5.10 Å². The monoisotopic (exact) mass is 401 g/mol. The van der Waals surface area contributed by atoms with E-state index in [1.807, 2.05) is 30.3 Å². The number of hydrogen-bond acceptors (Lipinski definition) is 2. The molecule has 144 valence electrons. The van der Waals surface area contributed by atoms with Crippen molar-refractivity contribution in [1.82, 2.24) is 9.99 Å². The van der Waals surface area contributed by atoms with Gasteiger partial charge in [-0.1, -0.05) is 60.1 Å². The molecule has 0 aliphatic rings. The van der Waals surface area contributed by atoms with Crippen molar-refractivity contribution in [2.75, 3.05) is 0 Å². The first-order valence-corrected chi connectivity index (χ1v) is 9.72. The minimum atomic E-state index is -0.274. The SMILES string of the molecule is Cc1c(C=NNC(=O)c2ccc(Cl)cc2)c2ccccc2n1Cc1ccccc1. The number of para-hydroxylation sites is 1. The molecule has 1 heterocycles. The van der Waals surface area contributed by atoms with E-state index in [0.29, 0.717) is 10.6 Å². The van der Waals surface area contributed by atoms with Crippen molar-refractivity contribution in [1.29, 1.82) is 0 Å². The van der Waals surface area contributed by atoms with Gasteiger partial charge in [0.2, 0.25) is 0 Å². The highest BCUT2D eigenvalue weighted by atomic mass is 35.5. The van der Waals surface area contributed by atoms with Crippen LogP contribution in [-0.4, -0.2) is 16.7 Å². The Kier molecular flexibility index (Phi) is 5.45. The molecule has 0 radical (unpaired) electrons. The number of hydrogen-bond donors (Lipinski definition) is 1. The molecule has 1 aromatic heterocycles. The zero-order valence-corrected chi connectivity index (χ0v) is 16.7. The fourth-order valence-electron chi connectivity index (χ4n) is 3.41. The van der Waals surface area contributed by atoms with Gasteiger partial charge in [-0.25, -0.2) is 5.43 Å². The summed E-state index contributed by atoms with van der Waals surface area (Å²) in [5, 5.41) is 5.89. The summed E-state index contributed by atoms with van der Waals surface area (Å²) in [7, 11) is 0. The Hall–Kier alpha value is -3.37. The van der Waals surface area contributed by atoms with Crippen molar-refractivity contribution in [2.45, 2.75) is 13.5 Å². The highest BCUT2D eigenvalue weighted by molar-refractivity contribution is 6.30. The third-order valence-electron chi connectivity index (χ3n) is 4.93. The molecule has 0 saturated carbocycles. The van der Waals surface area contributed by atoms with Crippen LogP contribution in [0.1, 0.15) is 27.2 Å². The van der Waals surface area contributed by atoms with E-state index in [1.165, 1.54) is 5.56 Å². The first-order chi connectivity index (χ1) is 14.1. The molecule has 4 aromatic rings. The van der Waals surface area contributed by atoms with E-state index >= 15 is 0 Å². The molecule has 4 nitrogen and oxygen atoms in total. The lowest BCUT2D eigenvalue weighted by Gasteiger charge is -2.08. The minimum absolute atomic E-state index is 0.274. The standard InChI is InChI=1S/C24H20ClN3O/c1-17-22(15-26-27-24(29)19-11-13-20(25)14-12-19)21-9-5-6-10-23(21)28(17)16-18-7-3-2-4-8-18/h2-15H,16H2,1H3,(H,27,29). The number of fused-ring (bicyclic) bond motifs is 1. The number of carbonyl (C=O) groups excluding carboxylic acids is 1. The summed E-state index contributed by atoms with van der Waals surface area (Å²) in [6, 6.07) is 25.3. The Labute approximate surface area is 174 Å². The second-order valence-corrected chi connectivity index (χ2v) is 7.23. The highest BCUT2D eigenvalue weighted by Crippen LogP contribution is 2.25. The third kappa shape index (κ3) is 4.08. The molecule has 5 heteroatoms. The lowest BCUT2D eigenvalue weighted by atomic mass is 10.1. The second-order valence-electron chi connectivity index (χ2n) is 6.79. The van der Waals surface area contributed by atoms with Crippen LogP contribution in [0.3, 0.4) is 0 Å². The average molecular weight is 402 g/mol. The molecule has 0 saturated heterocycles. The van der Waals surface area contributed by atoms with Crippen molar-refractivity contribution in [3.8, 4) is 0 Å². The smallest absolute Gasteiger partial charge is 0.271 e. The van der Waals surface area contributed by atoms with Gasteiger partial charge in [-0.3, -0.25) is 4.79 Å². The summed E-state index contributed by atoms with van der Waals surface area (Å²) in [4.78, 5) is 12.3. The number of amides is 1. The second kappa shape index (κ2) is 8.33. The van der Waals surface area contributed by atoms with Crippen LogP contribution in [0.5, 0.6) is 0 Å². The van der Waals surface area contributed by atoms with Crippen molar-refractivity contribution in [3.05, 3.63) is 106 Å². The van der Waals surface area contributed by atoms with Gasteiger partial charge in [0.1, 0.15) is 0 Å². The first kappa shape index (κ1) is 19.0. The molecule has 0 unspecified atom stereocenters. The van der Waals surface area contributed by atoms with E-state index in [4.69, 9.17) is 11.6 Å². The van der Waals surface area contributed by atoms with Gasteiger partial charge < -0.3 is 4.57 Å². The van der Waals surface area contributed by atoms with E-state index in [2.05, 4.69) is 46.3 Å². The minimum Gasteiger partial charge on any atom is -0.340 e. The quantitative estimate of drug-likeness (QED) is 0.352. The van der Waals surface area contributed by atoms with Crippen molar-refractivity contribution < 1.29 is 4.79 Å². The van der Waals surface area contributed by atoms with Crippen LogP contribution in [-0.2, 0) is 6.54 Å². The van der Waals surface area contributed by atoms with Crippen LogP contribution in [0.25, 0.3) is 10.9 Å². The molecule has 1 amide bonds. The van der Waals surface area contributed by atoms with Crippen LogP contribution < -0.4 is 5.43 Å². The van der Waals surface area contributed by atoms with Gasteiger partial charge in [0.15, 0.2) is 0 Å². The van der Waals surface area contributed by atoms with Crippen LogP contribution >= 0.6 is 11.6 Å². The largest absolute Gasteiger partial charge is 0.340 e. The van der Waals surface area contributed by atoms with Gasteiger partial charge >= 0.3 is 0 Å². The van der Waals surface area contributed by atoms with Gasteiger partial charge in [-0.05, 0) is 42.8 Å². The number of rotatable bonds is 5. The van der Waals surface area contributed by atoms with Gasteiger partial charge in [0.05, 0.1) is 6.21 Å². The molecule has 0 aliphatic heterocycles. The Morgan fingerprint density at radius 2 is 1.69 bits per heavy atom. The summed E-state index contributed by atoms with van der Waals surface area (Å²) in [6.45, 7) is 2.85. The Morgan fingerprint density at radius 1 is 1.00 bits per heavy atom.